The molecule has 0 aliphatic carbocycles. The van der Waals surface area contributed by atoms with Crippen LogP contribution in [-0.4, -0.2) is 37.6 Å². The van der Waals surface area contributed by atoms with Gasteiger partial charge in [-0.25, -0.2) is 0 Å². The smallest absolute Gasteiger partial charge is 0.244 e. The Hall–Kier alpha value is -2.30. The van der Waals surface area contributed by atoms with Crippen molar-refractivity contribution in [2.24, 2.45) is 0 Å². The fraction of sp³-hybridized carbons (Fsp3) is 0.348. The number of ether oxygens (including phenoxy) is 1. The van der Waals surface area contributed by atoms with Crippen molar-refractivity contribution in [3.8, 4) is 5.75 Å². The average Bonchev–Trinajstić information content (AvgIpc) is 2.74. The predicted molar refractivity (Wildman–Crippen MR) is 115 cm³/mol. The quantitative estimate of drug-likeness (QED) is 0.687. The van der Waals surface area contributed by atoms with Gasteiger partial charge in [0.05, 0.1) is 13.2 Å². The van der Waals surface area contributed by atoms with Gasteiger partial charge in [0.25, 0.3) is 0 Å². The lowest BCUT2D eigenvalue weighted by Gasteiger charge is -2.35. The van der Waals surface area contributed by atoms with Crippen molar-refractivity contribution in [1.82, 2.24) is 10.2 Å². The number of hydrogen-bond donors (Lipinski definition) is 1. The van der Waals surface area contributed by atoms with Crippen LogP contribution in [0.3, 0.4) is 0 Å². The molecule has 0 aromatic heterocycles. The van der Waals surface area contributed by atoms with Gasteiger partial charge in [-0.1, -0.05) is 48.4 Å². The van der Waals surface area contributed by atoms with E-state index in [0.29, 0.717) is 11.6 Å². The number of amides is 1. The first-order valence-corrected chi connectivity index (χ1v) is 10.1. The number of carbonyl (C=O) groups is 1. The molecule has 0 spiro atoms. The van der Waals surface area contributed by atoms with E-state index < -0.39 is 0 Å². The fourth-order valence-electron chi connectivity index (χ4n) is 3.55. The van der Waals surface area contributed by atoms with Gasteiger partial charge in [-0.3, -0.25) is 9.69 Å². The van der Waals surface area contributed by atoms with Crippen LogP contribution in [0.2, 0.25) is 5.02 Å². The van der Waals surface area contributed by atoms with Gasteiger partial charge in [0, 0.05) is 17.6 Å². The first-order chi connectivity index (χ1) is 13.7. The molecule has 1 aliphatic heterocycles. The molecule has 4 nitrogen and oxygen atoms in total. The summed E-state index contributed by atoms with van der Waals surface area (Å²) in [5, 5.41) is 3.69. The minimum Gasteiger partial charge on any atom is -0.497 e. The Labute approximate surface area is 172 Å². The van der Waals surface area contributed by atoms with Crippen molar-refractivity contribution >= 4 is 23.6 Å². The van der Waals surface area contributed by atoms with Crippen LogP contribution in [-0.2, 0) is 4.79 Å². The molecule has 0 radical (unpaired) electrons. The SMILES string of the molecule is COc1ccc(C(CNC(=O)C=Cc2ccccc2Cl)N2CCCCC2)cc1. The van der Waals surface area contributed by atoms with E-state index in [9.17, 15) is 4.79 Å². The minimum absolute atomic E-state index is 0.115. The molecule has 5 heteroatoms. The predicted octanol–water partition coefficient (Wildman–Crippen LogP) is 4.71. The monoisotopic (exact) mass is 398 g/mol. The first-order valence-electron chi connectivity index (χ1n) is 9.76. The Balaban J connectivity index is 1.66. The number of likely N-dealkylation sites (tertiary alicyclic amines) is 1. The lowest BCUT2D eigenvalue weighted by molar-refractivity contribution is -0.116. The van der Waals surface area contributed by atoms with Crippen LogP contribution in [0.1, 0.15) is 36.4 Å². The van der Waals surface area contributed by atoms with Crippen LogP contribution in [0, 0.1) is 0 Å². The maximum Gasteiger partial charge on any atom is 0.244 e. The van der Waals surface area contributed by atoms with E-state index >= 15 is 0 Å². The van der Waals surface area contributed by atoms with E-state index in [4.69, 9.17) is 16.3 Å². The summed E-state index contributed by atoms with van der Waals surface area (Å²) < 4.78 is 5.27. The van der Waals surface area contributed by atoms with Gasteiger partial charge in [-0.05, 0) is 61.3 Å². The molecule has 1 aliphatic rings. The van der Waals surface area contributed by atoms with E-state index in [1.807, 2.05) is 36.4 Å². The Morgan fingerprint density at radius 2 is 1.86 bits per heavy atom. The molecule has 0 bridgehead atoms. The molecular formula is C23H27ClN2O2. The van der Waals surface area contributed by atoms with Crippen molar-refractivity contribution in [3.05, 3.63) is 70.8 Å². The molecule has 1 unspecified atom stereocenters. The molecule has 1 atom stereocenters. The van der Waals surface area contributed by atoms with Crippen molar-refractivity contribution < 1.29 is 9.53 Å². The number of methoxy groups -OCH3 is 1. The Kier molecular flexibility index (Phi) is 7.52. The molecule has 2 aromatic rings. The summed E-state index contributed by atoms with van der Waals surface area (Å²) in [6, 6.07) is 15.8. The van der Waals surface area contributed by atoms with E-state index in [1.165, 1.54) is 24.8 Å². The number of piperidine rings is 1. The van der Waals surface area contributed by atoms with Gasteiger partial charge in [0.1, 0.15) is 5.75 Å². The van der Waals surface area contributed by atoms with Gasteiger partial charge in [0.2, 0.25) is 5.91 Å². The van der Waals surface area contributed by atoms with Crippen LogP contribution in [0.15, 0.2) is 54.6 Å². The maximum absolute atomic E-state index is 12.4. The number of carbonyl (C=O) groups excluding carboxylic acids is 1. The van der Waals surface area contributed by atoms with Crippen molar-refractivity contribution in [2.75, 3.05) is 26.7 Å². The highest BCUT2D eigenvalue weighted by molar-refractivity contribution is 6.32. The molecule has 3 rings (SSSR count). The molecule has 1 saturated heterocycles. The Bertz CT molecular complexity index is 799. The average molecular weight is 399 g/mol. The molecule has 1 amide bonds. The topological polar surface area (TPSA) is 41.6 Å². The third-order valence-corrected chi connectivity index (χ3v) is 5.47. The van der Waals surface area contributed by atoms with Crippen LogP contribution < -0.4 is 10.1 Å². The van der Waals surface area contributed by atoms with E-state index in [-0.39, 0.29) is 11.9 Å². The van der Waals surface area contributed by atoms with Gasteiger partial charge < -0.3 is 10.1 Å². The van der Waals surface area contributed by atoms with Crippen molar-refractivity contribution in [1.29, 1.82) is 0 Å². The van der Waals surface area contributed by atoms with Gasteiger partial charge in [-0.15, -0.1) is 0 Å². The van der Waals surface area contributed by atoms with Crippen LogP contribution in [0.4, 0.5) is 0 Å². The second-order valence-electron chi connectivity index (χ2n) is 6.99. The number of rotatable bonds is 7. The molecule has 2 aromatic carbocycles. The molecular weight excluding hydrogens is 372 g/mol. The molecule has 1 fully saturated rings. The second kappa shape index (κ2) is 10.3. The van der Waals surface area contributed by atoms with Crippen LogP contribution in [0.25, 0.3) is 6.08 Å². The zero-order valence-corrected chi connectivity index (χ0v) is 17.0. The molecule has 28 heavy (non-hydrogen) atoms. The van der Waals surface area contributed by atoms with Crippen LogP contribution >= 0.6 is 11.6 Å². The number of hydrogen-bond acceptors (Lipinski definition) is 3. The largest absolute Gasteiger partial charge is 0.497 e. The molecule has 1 N–H and O–H groups in total. The third kappa shape index (κ3) is 5.60. The minimum atomic E-state index is -0.115. The zero-order valence-electron chi connectivity index (χ0n) is 16.2. The maximum atomic E-state index is 12.4. The normalized spacial score (nSPS) is 16.1. The highest BCUT2D eigenvalue weighted by atomic mass is 35.5. The van der Waals surface area contributed by atoms with E-state index in [2.05, 4.69) is 22.3 Å². The summed E-state index contributed by atoms with van der Waals surface area (Å²) in [5.41, 5.74) is 2.03. The van der Waals surface area contributed by atoms with Crippen molar-refractivity contribution in [3.63, 3.8) is 0 Å². The first kappa shape index (κ1) is 20.4. The van der Waals surface area contributed by atoms with Gasteiger partial charge >= 0.3 is 0 Å². The molecule has 0 saturated carbocycles. The summed E-state index contributed by atoms with van der Waals surface area (Å²) in [4.78, 5) is 14.8. The lowest BCUT2D eigenvalue weighted by atomic mass is 10.0. The summed E-state index contributed by atoms with van der Waals surface area (Å²) in [6.07, 6.45) is 6.97. The standard InChI is InChI=1S/C23H27ClN2O2/c1-28-20-12-9-19(10-13-20)22(26-15-5-2-6-16-26)17-25-23(27)14-11-18-7-3-4-8-21(18)24/h3-4,7-14,22H,2,5-6,15-17H2,1H3,(H,25,27). The highest BCUT2D eigenvalue weighted by Gasteiger charge is 2.22. The third-order valence-electron chi connectivity index (χ3n) is 5.12. The van der Waals surface area contributed by atoms with Gasteiger partial charge in [-0.2, -0.15) is 0 Å². The second-order valence-corrected chi connectivity index (χ2v) is 7.39. The number of benzene rings is 2. The zero-order chi connectivity index (χ0) is 19.8. The molecule has 1 heterocycles. The summed E-state index contributed by atoms with van der Waals surface area (Å²) >= 11 is 6.14. The fourth-order valence-corrected chi connectivity index (χ4v) is 3.74. The number of nitrogens with zero attached hydrogens (tertiary/aromatic N) is 1. The van der Waals surface area contributed by atoms with Crippen LogP contribution in [0.5, 0.6) is 5.75 Å². The molecule has 148 valence electrons. The number of halogens is 1. The highest BCUT2D eigenvalue weighted by Crippen LogP contribution is 2.26. The number of nitrogens with one attached hydrogen (secondary N) is 1. The lowest BCUT2D eigenvalue weighted by Crippen LogP contribution is -2.40. The van der Waals surface area contributed by atoms with Gasteiger partial charge in [0.15, 0.2) is 0 Å². The van der Waals surface area contributed by atoms with Crippen molar-refractivity contribution in [2.45, 2.75) is 25.3 Å². The van der Waals surface area contributed by atoms with E-state index in [1.54, 1.807) is 19.3 Å². The summed E-state index contributed by atoms with van der Waals surface area (Å²) in [7, 11) is 1.67. The summed E-state index contributed by atoms with van der Waals surface area (Å²) in [6.45, 7) is 2.68. The Morgan fingerprint density at radius 1 is 1.14 bits per heavy atom. The van der Waals surface area contributed by atoms with E-state index in [0.717, 1.165) is 24.4 Å². The Morgan fingerprint density at radius 3 is 2.54 bits per heavy atom. The summed E-state index contributed by atoms with van der Waals surface area (Å²) in [5.74, 6) is 0.725.